The van der Waals surface area contributed by atoms with Gasteiger partial charge in [-0.1, -0.05) is 30.3 Å². The maximum atomic E-state index is 12.1. The molecule has 0 aliphatic heterocycles. The molecule has 0 saturated heterocycles. The number of hydrogen-bond acceptors (Lipinski definition) is 4. The highest BCUT2D eigenvalue weighted by Gasteiger charge is 2.22. The summed E-state index contributed by atoms with van der Waals surface area (Å²) in [7, 11) is -4.35. The number of aliphatic carboxylic acids is 1. The van der Waals surface area contributed by atoms with Crippen LogP contribution in [0.2, 0.25) is 0 Å². The highest BCUT2D eigenvalue weighted by atomic mass is 32.2. The molecule has 0 radical (unpaired) electrons. The molecule has 0 bridgehead atoms. The molecule has 3 N–H and O–H groups in total. The lowest BCUT2D eigenvalue weighted by molar-refractivity contribution is -0.139. The zero-order valence-corrected chi connectivity index (χ0v) is 12.5. The minimum absolute atomic E-state index is 0.0691. The molecule has 0 aromatic heterocycles. The number of nitrogens with one attached hydrogen (secondary N) is 1. The van der Waals surface area contributed by atoms with Crippen molar-refractivity contribution in [2.24, 2.45) is 0 Å². The molecule has 0 fully saturated rings. The Hall–Kier alpha value is -2.71. The zero-order valence-electron chi connectivity index (χ0n) is 11.7. The van der Waals surface area contributed by atoms with Gasteiger partial charge in [-0.15, -0.1) is 0 Å². The van der Waals surface area contributed by atoms with Gasteiger partial charge in [-0.05, 0) is 29.8 Å². The Morgan fingerprint density at radius 2 is 1.52 bits per heavy atom. The molecular formula is C15H13NO6S. The number of amides is 1. The molecule has 0 spiro atoms. The van der Waals surface area contributed by atoms with Crippen molar-refractivity contribution >= 4 is 22.0 Å². The first-order chi connectivity index (χ1) is 10.8. The molecule has 0 saturated carbocycles. The number of benzene rings is 2. The number of carbonyl (C=O) groups excluding carboxylic acids is 1. The molecule has 1 atom stereocenters. The standard InChI is InChI=1S/C15H13NO6S/c17-14(11-6-8-12(9-7-11)23(20,21)22)16-13(15(18)19)10-4-2-1-3-5-10/h1-9,13H,(H,16,17)(H,18,19)(H,20,21,22). The quantitative estimate of drug-likeness (QED) is 0.712. The highest BCUT2D eigenvalue weighted by Crippen LogP contribution is 2.15. The van der Waals surface area contributed by atoms with Crippen molar-refractivity contribution in [1.82, 2.24) is 5.32 Å². The summed E-state index contributed by atoms with van der Waals surface area (Å²) in [5.41, 5.74) is 0.475. The maximum Gasteiger partial charge on any atom is 0.330 e. The van der Waals surface area contributed by atoms with Crippen molar-refractivity contribution in [3.8, 4) is 0 Å². The molecule has 1 amide bonds. The molecule has 0 aliphatic rings. The van der Waals surface area contributed by atoms with E-state index in [2.05, 4.69) is 5.32 Å². The molecule has 23 heavy (non-hydrogen) atoms. The van der Waals surface area contributed by atoms with Crippen LogP contribution >= 0.6 is 0 Å². The van der Waals surface area contributed by atoms with Gasteiger partial charge in [-0.2, -0.15) is 8.42 Å². The normalized spacial score (nSPS) is 12.4. The zero-order chi connectivity index (χ0) is 17.0. The van der Waals surface area contributed by atoms with Crippen LogP contribution in [0.4, 0.5) is 0 Å². The Kier molecular flexibility index (Phi) is 4.77. The van der Waals surface area contributed by atoms with Crippen molar-refractivity contribution < 1.29 is 27.7 Å². The van der Waals surface area contributed by atoms with Crippen molar-refractivity contribution in [2.75, 3.05) is 0 Å². The number of carbonyl (C=O) groups is 2. The van der Waals surface area contributed by atoms with Gasteiger partial charge in [0.2, 0.25) is 0 Å². The van der Waals surface area contributed by atoms with E-state index in [1.807, 2.05) is 0 Å². The molecule has 2 aromatic carbocycles. The molecule has 8 heteroatoms. The molecule has 7 nitrogen and oxygen atoms in total. The Morgan fingerprint density at radius 3 is 2.00 bits per heavy atom. The minimum atomic E-state index is -4.35. The third-order valence-corrected chi connectivity index (χ3v) is 3.94. The van der Waals surface area contributed by atoms with Crippen LogP contribution in [-0.2, 0) is 14.9 Å². The van der Waals surface area contributed by atoms with E-state index in [9.17, 15) is 23.1 Å². The number of carboxylic acids is 1. The van der Waals surface area contributed by atoms with Crippen LogP contribution in [0.15, 0.2) is 59.5 Å². The molecule has 2 rings (SSSR count). The molecule has 2 aromatic rings. The van der Waals surface area contributed by atoms with Gasteiger partial charge in [-0.3, -0.25) is 9.35 Å². The fourth-order valence-corrected chi connectivity index (χ4v) is 2.41. The van der Waals surface area contributed by atoms with Gasteiger partial charge < -0.3 is 10.4 Å². The van der Waals surface area contributed by atoms with Crippen LogP contribution in [0.5, 0.6) is 0 Å². The summed E-state index contributed by atoms with van der Waals surface area (Å²) in [6.45, 7) is 0. The van der Waals surface area contributed by atoms with E-state index in [0.29, 0.717) is 5.56 Å². The second-order valence-corrected chi connectivity index (χ2v) is 6.08. The summed E-state index contributed by atoms with van der Waals surface area (Å²) in [5.74, 6) is -1.90. The minimum Gasteiger partial charge on any atom is -0.479 e. The second kappa shape index (κ2) is 6.59. The summed E-state index contributed by atoms with van der Waals surface area (Å²) in [6.07, 6.45) is 0. The number of carboxylic acid groups (broad SMARTS) is 1. The van der Waals surface area contributed by atoms with Crippen LogP contribution < -0.4 is 5.32 Å². The first kappa shape index (κ1) is 16.7. The molecule has 0 heterocycles. The smallest absolute Gasteiger partial charge is 0.330 e. The van der Waals surface area contributed by atoms with E-state index in [4.69, 9.17) is 4.55 Å². The number of rotatable bonds is 5. The first-order valence-corrected chi connectivity index (χ1v) is 7.89. The molecule has 120 valence electrons. The van der Waals surface area contributed by atoms with E-state index in [-0.39, 0.29) is 10.5 Å². The van der Waals surface area contributed by atoms with Crippen molar-refractivity contribution in [3.63, 3.8) is 0 Å². The SMILES string of the molecule is O=C(NC(C(=O)O)c1ccccc1)c1ccc(S(=O)(=O)O)cc1. The monoisotopic (exact) mass is 335 g/mol. The van der Waals surface area contributed by atoms with Gasteiger partial charge in [0, 0.05) is 5.56 Å². The largest absolute Gasteiger partial charge is 0.479 e. The van der Waals surface area contributed by atoms with Gasteiger partial charge in [0.05, 0.1) is 4.90 Å². The fraction of sp³-hybridized carbons (Fsp3) is 0.0667. The third kappa shape index (κ3) is 4.15. The van der Waals surface area contributed by atoms with Crippen molar-refractivity contribution in [2.45, 2.75) is 10.9 Å². The average molecular weight is 335 g/mol. The van der Waals surface area contributed by atoms with Gasteiger partial charge in [0.15, 0.2) is 6.04 Å². The Balaban J connectivity index is 2.21. The first-order valence-electron chi connectivity index (χ1n) is 6.45. The van der Waals surface area contributed by atoms with E-state index in [1.54, 1.807) is 30.3 Å². The van der Waals surface area contributed by atoms with Gasteiger partial charge in [-0.25, -0.2) is 4.79 Å². The predicted molar refractivity (Wildman–Crippen MR) is 80.5 cm³/mol. The summed E-state index contributed by atoms with van der Waals surface area (Å²) < 4.78 is 30.8. The Morgan fingerprint density at radius 1 is 0.957 bits per heavy atom. The summed E-state index contributed by atoms with van der Waals surface area (Å²) in [4.78, 5) is 23.1. The average Bonchev–Trinajstić information content (AvgIpc) is 2.52. The Bertz CT molecular complexity index is 815. The van der Waals surface area contributed by atoms with Crippen molar-refractivity contribution in [3.05, 3.63) is 65.7 Å². The van der Waals surface area contributed by atoms with Gasteiger partial charge in [0.1, 0.15) is 0 Å². The van der Waals surface area contributed by atoms with E-state index in [1.165, 1.54) is 12.1 Å². The van der Waals surface area contributed by atoms with E-state index >= 15 is 0 Å². The summed E-state index contributed by atoms with van der Waals surface area (Å²) in [6, 6.07) is 11.4. The van der Waals surface area contributed by atoms with E-state index < -0.39 is 28.0 Å². The van der Waals surface area contributed by atoms with Crippen molar-refractivity contribution in [1.29, 1.82) is 0 Å². The van der Waals surface area contributed by atoms with Crippen LogP contribution in [0, 0.1) is 0 Å². The molecule has 1 unspecified atom stereocenters. The van der Waals surface area contributed by atoms with Crippen LogP contribution in [0.1, 0.15) is 22.0 Å². The fourth-order valence-electron chi connectivity index (χ4n) is 1.93. The van der Waals surface area contributed by atoms with Gasteiger partial charge in [0.25, 0.3) is 16.0 Å². The number of hydrogen-bond donors (Lipinski definition) is 3. The lowest BCUT2D eigenvalue weighted by atomic mass is 10.1. The predicted octanol–water partition coefficient (Wildman–Crippen LogP) is 1.49. The third-order valence-electron chi connectivity index (χ3n) is 3.07. The van der Waals surface area contributed by atoms with Crippen LogP contribution in [0.3, 0.4) is 0 Å². The van der Waals surface area contributed by atoms with Crippen LogP contribution in [-0.4, -0.2) is 30.0 Å². The lowest BCUT2D eigenvalue weighted by Crippen LogP contribution is -2.33. The highest BCUT2D eigenvalue weighted by molar-refractivity contribution is 7.85. The topological polar surface area (TPSA) is 121 Å². The maximum absolute atomic E-state index is 12.1. The van der Waals surface area contributed by atoms with E-state index in [0.717, 1.165) is 12.1 Å². The second-order valence-electron chi connectivity index (χ2n) is 4.65. The van der Waals surface area contributed by atoms with Crippen LogP contribution in [0.25, 0.3) is 0 Å². The molecule has 0 aliphatic carbocycles. The lowest BCUT2D eigenvalue weighted by Gasteiger charge is -2.15. The molecular weight excluding hydrogens is 322 g/mol. The van der Waals surface area contributed by atoms with Gasteiger partial charge >= 0.3 is 5.97 Å². The summed E-state index contributed by atoms with van der Waals surface area (Å²) >= 11 is 0. The Labute approximate surface area is 132 Å². The summed E-state index contributed by atoms with van der Waals surface area (Å²) in [5, 5.41) is 11.6.